The summed E-state index contributed by atoms with van der Waals surface area (Å²) >= 11 is 2.60. The van der Waals surface area contributed by atoms with Gasteiger partial charge in [0.2, 0.25) is 5.13 Å². The summed E-state index contributed by atoms with van der Waals surface area (Å²) in [5.41, 5.74) is 0.583. The fourth-order valence-corrected chi connectivity index (χ4v) is 2.89. The Bertz CT molecular complexity index is 614. The van der Waals surface area contributed by atoms with E-state index in [4.69, 9.17) is 5.11 Å². The van der Waals surface area contributed by atoms with Crippen LogP contribution in [-0.2, 0) is 0 Å². The fourth-order valence-electron chi connectivity index (χ4n) is 1.20. The number of aromatic carboxylic acids is 1. The van der Waals surface area contributed by atoms with Crippen LogP contribution in [0.3, 0.4) is 0 Å². The summed E-state index contributed by atoms with van der Waals surface area (Å²) in [7, 11) is 3.75. The molecule has 0 unspecified atom stereocenters. The molecular formula is C10H11N5O2S2. The highest BCUT2D eigenvalue weighted by atomic mass is 32.2. The third kappa shape index (κ3) is 3.38. The molecule has 0 saturated carbocycles. The van der Waals surface area contributed by atoms with Gasteiger partial charge in [-0.05, 0) is 24.8 Å². The van der Waals surface area contributed by atoms with E-state index >= 15 is 0 Å². The minimum atomic E-state index is -1.07. The minimum Gasteiger partial charge on any atom is -0.477 e. The molecule has 2 heterocycles. The Morgan fingerprint density at radius 1 is 1.37 bits per heavy atom. The van der Waals surface area contributed by atoms with Gasteiger partial charge in [0.25, 0.3) is 0 Å². The van der Waals surface area contributed by atoms with Gasteiger partial charge in [-0.15, -0.1) is 10.2 Å². The maximum absolute atomic E-state index is 10.9. The van der Waals surface area contributed by atoms with E-state index in [2.05, 4.69) is 20.2 Å². The standard InChI is InChI=1S/C10H11N5O2S2/c1-5-4-6(7(16)17)12-8(11-5)18-10-14-13-9(19-10)15(2)3/h4H,1-3H3,(H,16,17). The lowest BCUT2D eigenvalue weighted by molar-refractivity contribution is 0.0689. The second-order valence-electron chi connectivity index (χ2n) is 3.83. The number of hydrogen-bond donors (Lipinski definition) is 1. The van der Waals surface area contributed by atoms with Crippen molar-refractivity contribution in [2.75, 3.05) is 19.0 Å². The molecule has 100 valence electrons. The summed E-state index contributed by atoms with van der Waals surface area (Å²) < 4.78 is 0.672. The molecule has 0 fully saturated rings. The Morgan fingerprint density at radius 3 is 2.68 bits per heavy atom. The maximum atomic E-state index is 10.9. The van der Waals surface area contributed by atoms with Gasteiger partial charge < -0.3 is 10.0 Å². The SMILES string of the molecule is Cc1cc(C(=O)O)nc(Sc2nnc(N(C)C)s2)n1. The van der Waals surface area contributed by atoms with Crippen LogP contribution in [0.15, 0.2) is 15.6 Å². The van der Waals surface area contributed by atoms with Crippen LogP contribution in [-0.4, -0.2) is 45.3 Å². The lowest BCUT2D eigenvalue weighted by atomic mass is 10.3. The van der Waals surface area contributed by atoms with Crippen molar-refractivity contribution in [2.45, 2.75) is 16.4 Å². The zero-order valence-corrected chi connectivity index (χ0v) is 12.1. The Hall–Kier alpha value is -1.74. The van der Waals surface area contributed by atoms with Crippen molar-refractivity contribution in [1.29, 1.82) is 0 Å². The van der Waals surface area contributed by atoms with E-state index in [1.165, 1.54) is 29.2 Å². The predicted molar refractivity (Wildman–Crippen MR) is 72.1 cm³/mol. The maximum Gasteiger partial charge on any atom is 0.354 e. The summed E-state index contributed by atoms with van der Waals surface area (Å²) in [6.45, 7) is 1.73. The van der Waals surface area contributed by atoms with Crippen LogP contribution in [0.1, 0.15) is 16.2 Å². The van der Waals surface area contributed by atoms with Gasteiger partial charge in [0.1, 0.15) is 0 Å². The molecule has 0 aliphatic carbocycles. The van der Waals surface area contributed by atoms with E-state index < -0.39 is 5.97 Å². The minimum absolute atomic E-state index is 0.0210. The first kappa shape index (κ1) is 13.7. The highest BCUT2D eigenvalue weighted by Crippen LogP contribution is 2.30. The molecule has 2 aromatic rings. The van der Waals surface area contributed by atoms with E-state index in [-0.39, 0.29) is 5.69 Å². The number of carboxylic acids is 1. The van der Waals surface area contributed by atoms with Crippen molar-refractivity contribution < 1.29 is 9.90 Å². The molecule has 0 atom stereocenters. The van der Waals surface area contributed by atoms with Crippen molar-refractivity contribution in [3.05, 3.63) is 17.5 Å². The second-order valence-corrected chi connectivity index (χ2v) is 6.00. The Labute approximate surface area is 117 Å². The zero-order valence-electron chi connectivity index (χ0n) is 10.5. The van der Waals surface area contributed by atoms with E-state index in [1.807, 2.05) is 19.0 Å². The van der Waals surface area contributed by atoms with Crippen molar-refractivity contribution in [3.8, 4) is 0 Å². The Morgan fingerprint density at radius 2 is 2.11 bits per heavy atom. The van der Waals surface area contributed by atoms with E-state index in [0.29, 0.717) is 15.2 Å². The number of anilines is 1. The summed E-state index contributed by atoms with van der Waals surface area (Å²) in [4.78, 5) is 20.9. The molecule has 0 aliphatic rings. The third-order valence-electron chi connectivity index (χ3n) is 2.01. The van der Waals surface area contributed by atoms with E-state index in [0.717, 1.165) is 5.13 Å². The van der Waals surface area contributed by atoms with Gasteiger partial charge >= 0.3 is 5.97 Å². The van der Waals surface area contributed by atoms with Crippen LogP contribution in [0.5, 0.6) is 0 Å². The van der Waals surface area contributed by atoms with Gasteiger partial charge in [0, 0.05) is 19.8 Å². The first-order valence-electron chi connectivity index (χ1n) is 5.23. The van der Waals surface area contributed by atoms with Crippen molar-refractivity contribution in [2.24, 2.45) is 0 Å². The molecule has 0 spiro atoms. The van der Waals surface area contributed by atoms with Crippen LogP contribution in [0.2, 0.25) is 0 Å². The molecule has 0 amide bonds. The molecule has 9 heteroatoms. The van der Waals surface area contributed by atoms with Crippen LogP contribution >= 0.6 is 23.1 Å². The first-order chi connectivity index (χ1) is 8.95. The number of nitrogens with zero attached hydrogens (tertiary/aromatic N) is 5. The number of carboxylic acid groups (broad SMARTS) is 1. The number of rotatable bonds is 4. The van der Waals surface area contributed by atoms with Gasteiger partial charge in [-0.1, -0.05) is 11.3 Å². The fraction of sp³-hybridized carbons (Fsp3) is 0.300. The first-order valence-corrected chi connectivity index (χ1v) is 6.86. The van der Waals surface area contributed by atoms with Crippen LogP contribution in [0.4, 0.5) is 5.13 Å². The Balaban J connectivity index is 2.24. The summed E-state index contributed by atoms with van der Waals surface area (Å²) in [6.07, 6.45) is 0. The van der Waals surface area contributed by atoms with Crippen molar-refractivity contribution in [3.63, 3.8) is 0 Å². The molecule has 0 radical (unpaired) electrons. The van der Waals surface area contributed by atoms with Gasteiger partial charge in [0.05, 0.1) is 0 Å². The van der Waals surface area contributed by atoms with Gasteiger partial charge in [0.15, 0.2) is 15.2 Å². The average Bonchev–Trinajstić information content (AvgIpc) is 2.76. The summed E-state index contributed by atoms with van der Waals surface area (Å²) in [5, 5.41) is 18.1. The number of hydrogen-bond acceptors (Lipinski definition) is 8. The predicted octanol–water partition coefficient (Wildman–Crippen LogP) is 1.55. The van der Waals surface area contributed by atoms with E-state index in [1.54, 1.807) is 6.92 Å². The molecule has 2 rings (SSSR count). The molecule has 0 aromatic carbocycles. The highest BCUT2D eigenvalue weighted by Gasteiger charge is 2.13. The van der Waals surface area contributed by atoms with Gasteiger partial charge in [-0.3, -0.25) is 0 Å². The molecule has 1 N–H and O–H groups in total. The average molecular weight is 297 g/mol. The van der Waals surface area contributed by atoms with Crippen molar-refractivity contribution >= 4 is 34.2 Å². The lowest BCUT2D eigenvalue weighted by Gasteiger charge is -2.03. The van der Waals surface area contributed by atoms with Crippen LogP contribution in [0, 0.1) is 6.92 Å². The normalized spacial score (nSPS) is 10.5. The molecule has 0 bridgehead atoms. The third-order valence-corrected chi connectivity index (χ3v) is 4.02. The summed E-state index contributed by atoms with van der Waals surface area (Å²) in [5.74, 6) is -1.07. The Kier molecular flexibility index (Phi) is 3.96. The van der Waals surface area contributed by atoms with Crippen LogP contribution in [0.25, 0.3) is 0 Å². The van der Waals surface area contributed by atoms with Gasteiger partial charge in [-0.2, -0.15) is 0 Å². The monoisotopic (exact) mass is 297 g/mol. The molecular weight excluding hydrogens is 286 g/mol. The van der Waals surface area contributed by atoms with Crippen molar-refractivity contribution in [1.82, 2.24) is 20.2 Å². The second kappa shape index (κ2) is 5.49. The number of carbonyl (C=O) groups is 1. The molecule has 0 saturated heterocycles. The molecule has 0 aliphatic heterocycles. The van der Waals surface area contributed by atoms with E-state index in [9.17, 15) is 4.79 Å². The zero-order chi connectivity index (χ0) is 14.0. The topological polar surface area (TPSA) is 92.1 Å². The van der Waals surface area contributed by atoms with Crippen LogP contribution < -0.4 is 4.90 Å². The molecule has 7 nitrogen and oxygen atoms in total. The quantitative estimate of drug-likeness (QED) is 0.850. The molecule has 2 aromatic heterocycles. The highest BCUT2D eigenvalue weighted by molar-refractivity contribution is 8.00. The number of aromatic nitrogens is 4. The molecule has 19 heavy (non-hydrogen) atoms. The summed E-state index contributed by atoms with van der Waals surface area (Å²) in [6, 6.07) is 1.43. The van der Waals surface area contributed by atoms with Gasteiger partial charge in [-0.25, -0.2) is 14.8 Å². The largest absolute Gasteiger partial charge is 0.477 e. The number of aryl methyl sites for hydroxylation is 1. The smallest absolute Gasteiger partial charge is 0.354 e. The lowest BCUT2D eigenvalue weighted by Crippen LogP contribution is -2.07.